The van der Waals surface area contributed by atoms with Crippen molar-refractivity contribution in [2.45, 2.75) is 24.9 Å². The summed E-state index contributed by atoms with van der Waals surface area (Å²) in [5.74, 6) is 0.267. The van der Waals surface area contributed by atoms with Crippen molar-refractivity contribution in [1.82, 2.24) is 9.97 Å². The number of rotatable bonds is 4. The van der Waals surface area contributed by atoms with Gasteiger partial charge in [-0.1, -0.05) is 12.1 Å². The summed E-state index contributed by atoms with van der Waals surface area (Å²) < 4.78 is 44.4. The lowest BCUT2D eigenvalue weighted by Crippen LogP contribution is -2.11. The van der Waals surface area contributed by atoms with Crippen LogP contribution in [-0.4, -0.2) is 9.97 Å². The molecule has 0 amide bonds. The summed E-state index contributed by atoms with van der Waals surface area (Å²) in [5, 5.41) is 17.5. The maximum absolute atomic E-state index is 13.0. The summed E-state index contributed by atoms with van der Waals surface area (Å²) in [6.07, 6.45) is -1.59. The van der Waals surface area contributed by atoms with Gasteiger partial charge >= 0.3 is 12.2 Å². The average Bonchev–Trinajstić information content (AvgIpc) is 3.45. The highest BCUT2D eigenvalue weighted by Gasteiger charge is 2.36. The van der Waals surface area contributed by atoms with Gasteiger partial charge in [0.25, 0.3) is 0 Å². The quantitative estimate of drug-likeness (QED) is 0.748. The van der Waals surface area contributed by atoms with Crippen molar-refractivity contribution in [2.75, 3.05) is 0 Å². The van der Waals surface area contributed by atoms with Gasteiger partial charge in [0.1, 0.15) is 23.5 Å². The minimum atomic E-state index is -4.58. The number of aromatic nitrogens is 2. The van der Waals surface area contributed by atoms with E-state index in [1.54, 1.807) is 24.3 Å². The molecule has 8 heteroatoms. The number of allylic oxidation sites excluding steroid dienone is 1. The first-order chi connectivity index (χ1) is 12.4. The lowest BCUT2D eigenvalue weighted by atomic mass is 10.1. The van der Waals surface area contributed by atoms with E-state index in [4.69, 9.17) is 15.3 Å². The van der Waals surface area contributed by atoms with Gasteiger partial charge in [-0.3, -0.25) is 0 Å². The van der Waals surface area contributed by atoms with E-state index in [0.29, 0.717) is 11.3 Å². The molecule has 5 nitrogen and oxygen atoms in total. The fraction of sp³-hybridized carbons (Fsp3) is 0.222. The van der Waals surface area contributed by atoms with Crippen LogP contribution in [0.15, 0.2) is 35.9 Å². The molecule has 0 aliphatic heterocycles. The maximum Gasteiger partial charge on any atom is 0.433 e. The molecule has 0 atom stereocenters. The SMILES string of the molecule is N#CC(C#N)=Cc1ccc(Oc2nc(C3CC3)cc(C(F)(F)F)n2)cc1. The molecule has 1 saturated carbocycles. The van der Waals surface area contributed by atoms with E-state index >= 15 is 0 Å². The van der Waals surface area contributed by atoms with E-state index in [9.17, 15) is 13.2 Å². The number of nitriles is 2. The van der Waals surface area contributed by atoms with Gasteiger partial charge in [-0.2, -0.15) is 33.7 Å². The maximum atomic E-state index is 13.0. The minimum absolute atomic E-state index is 0.0179. The Balaban J connectivity index is 1.85. The van der Waals surface area contributed by atoms with Crippen molar-refractivity contribution >= 4 is 6.08 Å². The van der Waals surface area contributed by atoms with Crippen LogP contribution >= 0.6 is 0 Å². The monoisotopic (exact) mass is 356 g/mol. The zero-order valence-electron chi connectivity index (χ0n) is 13.3. The van der Waals surface area contributed by atoms with E-state index in [1.165, 1.54) is 18.2 Å². The fourth-order valence-corrected chi connectivity index (χ4v) is 2.22. The van der Waals surface area contributed by atoms with E-state index in [2.05, 4.69) is 9.97 Å². The number of halogens is 3. The highest BCUT2D eigenvalue weighted by molar-refractivity contribution is 5.62. The molecule has 3 rings (SSSR count). The smallest absolute Gasteiger partial charge is 0.424 e. The van der Waals surface area contributed by atoms with Crippen LogP contribution in [0.4, 0.5) is 13.2 Å². The lowest BCUT2D eigenvalue weighted by molar-refractivity contribution is -0.141. The number of hydrogen-bond donors (Lipinski definition) is 0. The molecule has 0 saturated heterocycles. The Morgan fingerprint density at radius 2 is 1.77 bits per heavy atom. The Bertz CT molecular complexity index is 917. The molecule has 2 aromatic rings. The molecule has 1 aliphatic carbocycles. The fourth-order valence-electron chi connectivity index (χ4n) is 2.22. The van der Waals surface area contributed by atoms with Crippen LogP contribution in [0.1, 0.15) is 35.7 Å². The van der Waals surface area contributed by atoms with Crippen molar-refractivity contribution in [3.05, 3.63) is 52.9 Å². The first-order valence-corrected chi connectivity index (χ1v) is 7.65. The predicted molar refractivity (Wildman–Crippen MR) is 84.7 cm³/mol. The summed E-state index contributed by atoms with van der Waals surface area (Å²) in [5.41, 5.74) is -0.181. The van der Waals surface area contributed by atoms with Gasteiger partial charge in [0, 0.05) is 5.92 Å². The highest BCUT2D eigenvalue weighted by atomic mass is 19.4. The second-order valence-corrected chi connectivity index (χ2v) is 5.69. The van der Waals surface area contributed by atoms with Crippen LogP contribution in [0.25, 0.3) is 6.08 Å². The zero-order chi connectivity index (χ0) is 18.7. The number of benzene rings is 1. The van der Waals surface area contributed by atoms with Gasteiger partial charge in [-0.25, -0.2) is 0 Å². The Labute approximate surface area is 147 Å². The molecular formula is C18H11F3N4O. The molecule has 26 heavy (non-hydrogen) atoms. The summed E-state index contributed by atoms with van der Waals surface area (Å²) >= 11 is 0. The second-order valence-electron chi connectivity index (χ2n) is 5.69. The summed E-state index contributed by atoms with van der Waals surface area (Å²) in [6, 6.07) is 10.2. The molecule has 1 aromatic carbocycles. The number of ether oxygens (including phenoxy) is 1. The number of alkyl halides is 3. The van der Waals surface area contributed by atoms with E-state index in [-0.39, 0.29) is 23.3 Å². The summed E-state index contributed by atoms with van der Waals surface area (Å²) in [6.45, 7) is 0. The number of hydrogen-bond acceptors (Lipinski definition) is 5. The topological polar surface area (TPSA) is 82.6 Å². The van der Waals surface area contributed by atoms with Gasteiger partial charge in [0.2, 0.25) is 0 Å². The molecular weight excluding hydrogens is 345 g/mol. The van der Waals surface area contributed by atoms with Crippen LogP contribution in [-0.2, 0) is 6.18 Å². The van der Waals surface area contributed by atoms with Crippen LogP contribution in [0, 0.1) is 22.7 Å². The van der Waals surface area contributed by atoms with Crippen molar-refractivity contribution in [2.24, 2.45) is 0 Å². The third-order valence-electron chi connectivity index (χ3n) is 3.65. The molecule has 1 aliphatic rings. The Morgan fingerprint density at radius 1 is 1.12 bits per heavy atom. The van der Waals surface area contributed by atoms with Gasteiger partial charge in [0.05, 0.1) is 5.69 Å². The van der Waals surface area contributed by atoms with Crippen molar-refractivity contribution in [1.29, 1.82) is 10.5 Å². The Kier molecular flexibility index (Phi) is 4.59. The minimum Gasteiger partial charge on any atom is -0.424 e. The van der Waals surface area contributed by atoms with Crippen molar-refractivity contribution < 1.29 is 17.9 Å². The van der Waals surface area contributed by atoms with Gasteiger partial charge in [0.15, 0.2) is 5.69 Å². The van der Waals surface area contributed by atoms with Gasteiger partial charge in [-0.05, 0) is 42.7 Å². The molecule has 0 unspecified atom stereocenters. The molecule has 1 fully saturated rings. The van der Waals surface area contributed by atoms with Gasteiger partial charge < -0.3 is 4.74 Å². The third-order valence-corrected chi connectivity index (χ3v) is 3.65. The highest BCUT2D eigenvalue weighted by Crippen LogP contribution is 2.41. The lowest BCUT2D eigenvalue weighted by Gasteiger charge is -2.10. The molecule has 130 valence electrons. The molecule has 1 heterocycles. The normalized spacial score (nSPS) is 13.4. The van der Waals surface area contributed by atoms with Crippen LogP contribution < -0.4 is 4.74 Å². The zero-order valence-corrected chi connectivity index (χ0v) is 13.3. The van der Waals surface area contributed by atoms with Crippen LogP contribution in [0.5, 0.6) is 11.8 Å². The van der Waals surface area contributed by atoms with Crippen molar-refractivity contribution in [3.8, 4) is 23.9 Å². The molecule has 0 radical (unpaired) electrons. The van der Waals surface area contributed by atoms with E-state index < -0.39 is 11.9 Å². The molecule has 0 N–H and O–H groups in total. The van der Waals surface area contributed by atoms with E-state index in [1.807, 2.05) is 0 Å². The van der Waals surface area contributed by atoms with Crippen LogP contribution in [0.3, 0.4) is 0 Å². The average molecular weight is 356 g/mol. The number of nitrogens with zero attached hydrogens (tertiary/aromatic N) is 4. The van der Waals surface area contributed by atoms with Crippen molar-refractivity contribution in [3.63, 3.8) is 0 Å². The molecule has 1 aromatic heterocycles. The van der Waals surface area contributed by atoms with Gasteiger partial charge in [-0.15, -0.1) is 0 Å². The third kappa shape index (κ3) is 4.17. The predicted octanol–water partition coefficient (Wildman–Crippen LogP) is 4.60. The van der Waals surface area contributed by atoms with Crippen LogP contribution in [0.2, 0.25) is 0 Å². The largest absolute Gasteiger partial charge is 0.433 e. The Hall–Kier alpha value is -3.39. The molecule has 0 spiro atoms. The summed E-state index contributed by atoms with van der Waals surface area (Å²) in [7, 11) is 0. The Morgan fingerprint density at radius 3 is 2.31 bits per heavy atom. The first-order valence-electron chi connectivity index (χ1n) is 7.65. The van der Waals surface area contributed by atoms with E-state index in [0.717, 1.165) is 18.9 Å². The molecule has 0 bridgehead atoms. The first kappa shape index (κ1) is 17.4. The summed E-state index contributed by atoms with van der Waals surface area (Å²) in [4.78, 5) is 7.52. The standard InChI is InChI=1S/C18H11F3N4O/c19-18(20,21)16-8-15(13-3-4-13)24-17(25-16)26-14-5-1-11(2-6-14)7-12(9-22)10-23/h1-2,5-8,13H,3-4H2. The second kappa shape index (κ2) is 6.85.